The molecule has 0 bridgehead atoms. The van der Waals surface area contributed by atoms with Crippen LogP contribution >= 0.6 is 11.3 Å². The average Bonchev–Trinajstić information content (AvgIpc) is 3.04. The molecule has 0 fully saturated rings. The Morgan fingerprint density at radius 3 is 2.70 bits per heavy atom. The lowest BCUT2D eigenvalue weighted by Gasteiger charge is -2.11. The molecule has 0 radical (unpaired) electrons. The van der Waals surface area contributed by atoms with Crippen molar-refractivity contribution in [3.63, 3.8) is 0 Å². The molecule has 0 atom stereocenters. The van der Waals surface area contributed by atoms with E-state index >= 15 is 0 Å². The van der Waals surface area contributed by atoms with Crippen LogP contribution in [-0.2, 0) is 6.54 Å². The molecule has 0 saturated heterocycles. The zero-order chi connectivity index (χ0) is 16.5. The summed E-state index contributed by atoms with van der Waals surface area (Å²) in [5.74, 6) is 2.09. The molecule has 0 spiro atoms. The van der Waals surface area contributed by atoms with E-state index in [2.05, 4.69) is 39.8 Å². The Hall–Kier alpha value is -2.08. The van der Waals surface area contributed by atoms with Gasteiger partial charge in [0.05, 0.1) is 18.8 Å². The van der Waals surface area contributed by atoms with Gasteiger partial charge in [-0.3, -0.25) is 4.99 Å². The smallest absolute Gasteiger partial charge is 0.191 e. The van der Waals surface area contributed by atoms with E-state index in [0.717, 1.165) is 22.4 Å². The van der Waals surface area contributed by atoms with Crippen molar-refractivity contribution in [3.8, 4) is 5.75 Å². The summed E-state index contributed by atoms with van der Waals surface area (Å²) < 4.78 is 5.64. The van der Waals surface area contributed by atoms with Crippen LogP contribution < -0.4 is 15.4 Å². The molecule has 0 aliphatic heterocycles. The molecular formula is C17H24N4OS. The first kappa shape index (κ1) is 17.3. The number of hydrogen-bond donors (Lipinski definition) is 2. The summed E-state index contributed by atoms with van der Waals surface area (Å²) in [7, 11) is 1.76. The lowest BCUT2D eigenvalue weighted by atomic mass is 10.2. The van der Waals surface area contributed by atoms with E-state index in [4.69, 9.17) is 4.74 Å². The molecule has 1 aromatic heterocycles. The minimum Gasteiger partial charge on any atom is -0.492 e. The predicted octanol–water partition coefficient (Wildman–Crippen LogP) is 3.01. The van der Waals surface area contributed by atoms with Crippen molar-refractivity contribution in [2.75, 3.05) is 20.2 Å². The van der Waals surface area contributed by atoms with E-state index in [1.807, 2.05) is 30.3 Å². The van der Waals surface area contributed by atoms with Gasteiger partial charge in [0.25, 0.3) is 0 Å². The molecule has 0 amide bonds. The minimum atomic E-state index is 0.465. The number of thiazole rings is 1. The van der Waals surface area contributed by atoms with Crippen LogP contribution in [0.3, 0.4) is 0 Å². The van der Waals surface area contributed by atoms with Gasteiger partial charge in [0, 0.05) is 12.4 Å². The second kappa shape index (κ2) is 9.15. The van der Waals surface area contributed by atoms with Gasteiger partial charge < -0.3 is 15.4 Å². The van der Waals surface area contributed by atoms with E-state index in [-0.39, 0.29) is 0 Å². The van der Waals surface area contributed by atoms with E-state index in [1.165, 1.54) is 0 Å². The molecule has 1 heterocycles. The van der Waals surface area contributed by atoms with Gasteiger partial charge in [-0.1, -0.05) is 32.0 Å². The SMILES string of the molecule is CN=C(NCCOc1ccccc1)NCc1nc(C(C)C)cs1. The highest BCUT2D eigenvalue weighted by atomic mass is 32.1. The normalized spacial score (nSPS) is 11.6. The summed E-state index contributed by atoms with van der Waals surface area (Å²) in [5.41, 5.74) is 1.14. The summed E-state index contributed by atoms with van der Waals surface area (Å²) in [6.07, 6.45) is 0. The van der Waals surface area contributed by atoms with Gasteiger partial charge in [-0.2, -0.15) is 0 Å². The number of hydrogen-bond acceptors (Lipinski definition) is 4. The van der Waals surface area contributed by atoms with Crippen molar-refractivity contribution < 1.29 is 4.74 Å². The van der Waals surface area contributed by atoms with Crippen LogP contribution in [-0.4, -0.2) is 31.1 Å². The average molecular weight is 332 g/mol. The highest BCUT2D eigenvalue weighted by Gasteiger charge is 2.06. The second-order valence-electron chi connectivity index (χ2n) is 5.33. The maximum absolute atomic E-state index is 5.64. The Bertz CT molecular complexity index is 610. The molecule has 6 heteroatoms. The molecule has 2 N–H and O–H groups in total. The topological polar surface area (TPSA) is 58.5 Å². The number of aliphatic imine (C=N–C) groups is 1. The lowest BCUT2D eigenvalue weighted by molar-refractivity contribution is 0.322. The maximum atomic E-state index is 5.64. The van der Waals surface area contributed by atoms with Crippen LogP contribution in [0.5, 0.6) is 5.75 Å². The Balaban J connectivity index is 1.69. The standard InChI is InChI=1S/C17H24N4OS/c1-13(2)15-12-23-16(21-15)11-20-17(18-3)19-9-10-22-14-7-5-4-6-8-14/h4-8,12-13H,9-11H2,1-3H3,(H2,18,19,20). The van der Waals surface area contributed by atoms with E-state index in [9.17, 15) is 0 Å². The predicted molar refractivity (Wildman–Crippen MR) is 96.3 cm³/mol. The number of aromatic nitrogens is 1. The van der Waals surface area contributed by atoms with Crippen LogP contribution in [0.15, 0.2) is 40.7 Å². The van der Waals surface area contributed by atoms with Crippen molar-refractivity contribution in [2.45, 2.75) is 26.3 Å². The number of rotatable bonds is 7. The first-order valence-electron chi connectivity index (χ1n) is 7.75. The number of guanidine groups is 1. The van der Waals surface area contributed by atoms with E-state index < -0.39 is 0 Å². The zero-order valence-electron chi connectivity index (χ0n) is 13.9. The Morgan fingerprint density at radius 2 is 2.04 bits per heavy atom. The summed E-state index contributed by atoms with van der Waals surface area (Å²) >= 11 is 1.67. The summed E-state index contributed by atoms with van der Waals surface area (Å²) in [6, 6.07) is 9.79. The van der Waals surface area contributed by atoms with Crippen LogP contribution in [0.4, 0.5) is 0 Å². The summed E-state index contributed by atoms with van der Waals surface area (Å²) in [6.45, 7) is 6.25. The zero-order valence-corrected chi connectivity index (χ0v) is 14.7. The number of benzene rings is 1. The van der Waals surface area contributed by atoms with Crippen molar-refractivity contribution in [2.24, 2.45) is 4.99 Å². The molecule has 0 saturated carbocycles. The van der Waals surface area contributed by atoms with Crippen LogP contribution in [0.25, 0.3) is 0 Å². The Kier molecular flexibility index (Phi) is 6.87. The molecule has 0 aliphatic carbocycles. The van der Waals surface area contributed by atoms with E-state index in [0.29, 0.717) is 25.6 Å². The number of ether oxygens (including phenoxy) is 1. The third-order valence-corrected chi connectivity index (χ3v) is 4.07. The molecule has 124 valence electrons. The molecule has 0 unspecified atom stereocenters. The first-order valence-corrected chi connectivity index (χ1v) is 8.63. The van der Waals surface area contributed by atoms with Gasteiger partial charge in [-0.15, -0.1) is 11.3 Å². The van der Waals surface area contributed by atoms with Gasteiger partial charge >= 0.3 is 0 Å². The number of para-hydroxylation sites is 1. The fourth-order valence-corrected chi connectivity index (χ4v) is 2.80. The molecule has 5 nitrogen and oxygen atoms in total. The highest BCUT2D eigenvalue weighted by molar-refractivity contribution is 7.09. The third kappa shape index (κ3) is 5.90. The van der Waals surface area contributed by atoms with Gasteiger partial charge in [-0.05, 0) is 18.1 Å². The molecular weight excluding hydrogens is 308 g/mol. The van der Waals surface area contributed by atoms with Crippen LogP contribution in [0, 0.1) is 0 Å². The largest absolute Gasteiger partial charge is 0.492 e. The van der Waals surface area contributed by atoms with Gasteiger partial charge in [-0.25, -0.2) is 4.98 Å². The first-order chi connectivity index (χ1) is 11.2. The van der Waals surface area contributed by atoms with Gasteiger partial charge in [0.2, 0.25) is 0 Å². The Labute approximate surface area is 141 Å². The second-order valence-corrected chi connectivity index (χ2v) is 6.28. The molecule has 23 heavy (non-hydrogen) atoms. The van der Waals surface area contributed by atoms with Crippen molar-refractivity contribution in [1.29, 1.82) is 0 Å². The number of nitrogens with zero attached hydrogens (tertiary/aromatic N) is 2. The van der Waals surface area contributed by atoms with Crippen molar-refractivity contribution >= 4 is 17.3 Å². The van der Waals surface area contributed by atoms with Gasteiger partial charge in [0.15, 0.2) is 5.96 Å². The number of nitrogens with one attached hydrogen (secondary N) is 2. The highest BCUT2D eigenvalue weighted by Crippen LogP contribution is 2.17. The van der Waals surface area contributed by atoms with Gasteiger partial charge in [0.1, 0.15) is 17.4 Å². The van der Waals surface area contributed by atoms with Crippen LogP contribution in [0.2, 0.25) is 0 Å². The maximum Gasteiger partial charge on any atom is 0.191 e. The Morgan fingerprint density at radius 1 is 1.26 bits per heavy atom. The van der Waals surface area contributed by atoms with E-state index in [1.54, 1.807) is 18.4 Å². The molecule has 2 aromatic rings. The molecule has 1 aromatic carbocycles. The monoisotopic (exact) mass is 332 g/mol. The fourth-order valence-electron chi connectivity index (χ4n) is 1.91. The summed E-state index contributed by atoms with van der Waals surface area (Å²) in [4.78, 5) is 8.81. The fraction of sp³-hybridized carbons (Fsp3) is 0.412. The third-order valence-electron chi connectivity index (χ3n) is 3.20. The summed E-state index contributed by atoms with van der Waals surface area (Å²) in [5, 5.41) is 9.68. The lowest BCUT2D eigenvalue weighted by Crippen LogP contribution is -2.38. The molecule has 2 rings (SSSR count). The quantitative estimate of drug-likeness (QED) is 0.465. The molecule has 0 aliphatic rings. The van der Waals surface area contributed by atoms with Crippen molar-refractivity contribution in [3.05, 3.63) is 46.4 Å². The minimum absolute atomic E-state index is 0.465. The van der Waals surface area contributed by atoms with Crippen LogP contribution in [0.1, 0.15) is 30.5 Å². The van der Waals surface area contributed by atoms with Crippen molar-refractivity contribution in [1.82, 2.24) is 15.6 Å².